The van der Waals surface area contributed by atoms with Crippen molar-refractivity contribution in [2.45, 2.75) is 46.6 Å². The zero-order chi connectivity index (χ0) is 22.2. The second kappa shape index (κ2) is 11.0. The summed E-state index contributed by atoms with van der Waals surface area (Å²) in [5.74, 6) is 1.47. The summed E-state index contributed by atoms with van der Waals surface area (Å²) < 4.78 is 5.45. The maximum atomic E-state index is 12.5. The van der Waals surface area contributed by atoms with Crippen LogP contribution in [0.4, 0.5) is 0 Å². The Labute approximate surface area is 184 Å². The number of aryl methyl sites for hydroxylation is 1. The Kier molecular flexibility index (Phi) is 8.17. The van der Waals surface area contributed by atoms with Crippen LogP contribution in [-0.2, 0) is 16.1 Å². The van der Waals surface area contributed by atoms with Crippen molar-refractivity contribution in [3.05, 3.63) is 35.7 Å². The molecule has 1 saturated heterocycles. The highest BCUT2D eigenvalue weighted by atomic mass is 16.5. The molecule has 2 heterocycles. The standard InChI is InChI=1S/C23H33N5O3/c1-4-27(5-2)21(29)11-8-12-22(30)28-15-13-26(14-16-28)17-20-24-23(25-31-20)19-10-7-6-9-18(19)3/h6-7,9-10H,4-5,8,11-17H2,1-3H3. The molecule has 0 atom stereocenters. The van der Waals surface area contributed by atoms with E-state index in [9.17, 15) is 9.59 Å². The number of carbonyl (C=O) groups excluding carboxylic acids is 2. The van der Waals surface area contributed by atoms with Crippen molar-refractivity contribution >= 4 is 11.8 Å². The Morgan fingerprint density at radius 3 is 2.45 bits per heavy atom. The van der Waals surface area contributed by atoms with Crippen molar-refractivity contribution < 1.29 is 14.1 Å². The Balaban J connectivity index is 1.41. The van der Waals surface area contributed by atoms with Gasteiger partial charge in [0.15, 0.2) is 0 Å². The fraction of sp³-hybridized carbons (Fsp3) is 0.565. The van der Waals surface area contributed by atoms with Gasteiger partial charge in [-0.15, -0.1) is 0 Å². The molecule has 3 rings (SSSR count). The van der Waals surface area contributed by atoms with E-state index in [1.807, 2.05) is 54.8 Å². The molecule has 8 heteroatoms. The normalized spacial score (nSPS) is 14.6. The van der Waals surface area contributed by atoms with Gasteiger partial charge in [0.1, 0.15) is 0 Å². The first-order valence-corrected chi connectivity index (χ1v) is 11.2. The number of carbonyl (C=O) groups is 2. The van der Waals surface area contributed by atoms with E-state index in [1.165, 1.54) is 0 Å². The first kappa shape index (κ1) is 22.9. The van der Waals surface area contributed by atoms with Gasteiger partial charge < -0.3 is 14.3 Å². The molecule has 8 nitrogen and oxygen atoms in total. The van der Waals surface area contributed by atoms with Gasteiger partial charge in [0.25, 0.3) is 0 Å². The molecule has 0 aliphatic carbocycles. The maximum Gasteiger partial charge on any atom is 0.241 e. The minimum absolute atomic E-state index is 0.131. The van der Waals surface area contributed by atoms with Crippen LogP contribution >= 0.6 is 0 Å². The number of aromatic nitrogens is 2. The fourth-order valence-electron chi connectivity index (χ4n) is 3.88. The van der Waals surface area contributed by atoms with Gasteiger partial charge in [-0.2, -0.15) is 4.98 Å². The third-order valence-electron chi connectivity index (χ3n) is 5.84. The van der Waals surface area contributed by atoms with E-state index in [2.05, 4.69) is 15.0 Å². The summed E-state index contributed by atoms with van der Waals surface area (Å²) in [5.41, 5.74) is 2.09. The van der Waals surface area contributed by atoms with E-state index >= 15 is 0 Å². The van der Waals surface area contributed by atoms with Gasteiger partial charge in [0.2, 0.25) is 23.5 Å². The lowest BCUT2D eigenvalue weighted by molar-refractivity contribution is -0.133. The van der Waals surface area contributed by atoms with Gasteiger partial charge in [-0.25, -0.2) is 0 Å². The molecule has 0 spiro atoms. The average molecular weight is 428 g/mol. The monoisotopic (exact) mass is 427 g/mol. The predicted octanol–water partition coefficient (Wildman–Crippen LogP) is 2.73. The maximum absolute atomic E-state index is 12.5. The first-order valence-electron chi connectivity index (χ1n) is 11.2. The number of nitrogens with zero attached hydrogens (tertiary/aromatic N) is 5. The summed E-state index contributed by atoms with van der Waals surface area (Å²) in [5, 5.41) is 4.12. The van der Waals surface area contributed by atoms with E-state index in [0.29, 0.717) is 50.6 Å². The molecule has 2 amide bonds. The predicted molar refractivity (Wildman–Crippen MR) is 118 cm³/mol. The van der Waals surface area contributed by atoms with Gasteiger partial charge in [0, 0.05) is 57.7 Å². The summed E-state index contributed by atoms with van der Waals surface area (Å²) >= 11 is 0. The molecule has 0 saturated carbocycles. The molecule has 0 unspecified atom stereocenters. The molecule has 1 aliphatic heterocycles. The Morgan fingerprint density at radius 2 is 1.77 bits per heavy atom. The van der Waals surface area contributed by atoms with E-state index in [-0.39, 0.29) is 11.8 Å². The van der Waals surface area contributed by atoms with E-state index in [1.54, 1.807) is 0 Å². The van der Waals surface area contributed by atoms with E-state index in [4.69, 9.17) is 4.52 Å². The summed E-state index contributed by atoms with van der Waals surface area (Å²) in [6, 6.07) is 7.97. The van der Waals surface area contributed by atoms with Crippen LogP contribution in [0, 0.1) is 6.92 Å². The van der Waals surface area contributed by atoms with Crippen LogP contribution in [0.2, 0.25) is 0 Å². The minimum atomic E-state index is 0.131. The average Bonchev–Trinajstić information content (AvgIpc) is 3.23. The van der Waals surface area contributed by atoms with Crippen molar-refractivity contribution in [3.8, 4) is 11.4 Å². The number of benzene rings is 1. The molecule has 168 valence electrons. The molecular weight excluding hydrogens is 394 g/mol. The van der Waals surface area contributed by atoms with Crippen molar-refractivity contribution in [1.29, 1.82) is 0 Å². The van der Waals surface area contributed by atoms with Crippen molar-refractivity contribution in [1.82, 2.24) is 24.8 Å². The fourth-order valence-corrected chi connectivity index (χ4v) is 3.88. The molecule has 0 radical (unpaired) electrons. The van der Waals surface area contributed by atoms with Crippen molar-refractivity contribution in [3.63, 3.8) is 0 Å². The van der Waals surface area contributed by atoms with Crippen molar-refractivity contribution in [2.75, 3.05) is 39.3 Å². The van der Waals surface area contributed by atoms with Crippen LogP contribution in [0.3, 0.4) is 0 Å². The quantitative estimate of drug-likeness (QED) is 0.612. The van der Waals surface area contributed by atoms with Gasteiger partial charge in [0.05, 0.1) is 6.54 Å². The second-order valence-corrected chi connectivity index (χ2v) is 7.90. The number of rotatable bonds is 9. The lowest BCUT2D eigenvalue weighted by atomic mass is 10.1. The van der Waals surface area contributed by atoms with Crippen LogP contribution in [0.1, 0.15) is 44.6 Å². The SMILES string of the molecule is CCN(CC)C(=O)CCCC(=O)N1CCN(Cc2nc(-c3ccccc3C)no2)CC1. The number of piperazine rings is 1. The van der Waals surface area contributed by atoms with E-state index in [0.717, 1.165) is 37.3 Å². The molecule has 1 aliphatic rings. The van der Waals surface area contributed by atoms with Crippen LogP contribution in [0.15, 0.2) is 28.8 Å². The molecule has 1 fully saturated rings. The summed E-state index contributed by atoms with van der Waals surface area (Å²) in [6.45, 7) is 10.9. The van der Waals surface area contributed by atoms with Crippen LogP contribution < -0.4 is 0 Å². The summed E-state index contributed by atoms with van der Waals surface area (Å²) in [4.78, 5) is 35.0. The molecule has 0 N–H and O–H groups in total. The largest absolute Gasteiger partial charge is 0.343 e. The molecular formula is C23H33N5O3. The second-order valence-electron chi connectivity index (χ2n) is 7.90. The van der Waals surface area contributed by atoms with Crippen LogP contribution in [0.25, 0.3) is 11.4 Å². The minimum Gasteiger partial charge on any atom is -0.343 e. The Bertz CT molecular complexity index is 870. The zero-order valence-corrected chi connectivity index (χ0v) is 18.8. The zero-order valence-electron chi connectivity index (χ0n) is 18.8. The Hall–Kier alpha value is -2.74. The van der Waals surface area contributed by atoms with Gasteiger partial charge in [-0.05, 0) is 32.8 Å². The topological polar surface area (TPSA) is 82.8 Å². The highest BCUT2D eigenvalue weighted by Gasteiger charge is 2.23. The van der Waals surface area contributed by atoms with Gasteiger partial charge in [-0.3, -0.25) is 14.5 Å². The summed E-state index contributed by atoms with van der Waals surface area (Å²) in [7, 11) is 0. The lowest BCUT2D eigenvalue weighted by Gasteiger charge is -2.34. The molecule has 1 aromatic carbocycles. The first-order chi connectivity index (χ1) is 15.0. The molecule has 2 aromatic rings. The smallest absolute Gasteiger partial charge is 0.241 e. The summed E-state index contributed by atoms with van der Waals surface area (Å²) in [6.07, 6.45) is 1.47. The third-order valence-corrected chi connectivity index (χ3v) is 5.84. The van der Waals surface area contributed by atoms with Crippen LogP contribution in [0.5, 0.6) is 0 Å². The highest BCUT2D eigenvalue weighted by molar-refractivity contribution is 5.79. The van der Waals surface area contributed by atoms with E-state index < -0.39 is 0 Å². The number of amides is 2. The number of hydrogen-bond acceptors (Lipinski definition) is 6. The van der Waals surface area contributed by atoms with Gasteiger partial charge >= 0.3 is 0 Å². The highest BCUT2D eigenvalue weighted by Crippen LogP contribution is 2.20. The molecule has 1 aromatic heterocycles. The lowest BCUT2D eigenvalue weighted by Crippen LogP contribution is -2.48. The Morgan fingerprint density at radius 1 is 1.06 bits per heavy atom. The van der Waals surface area contributed by atoms with Crippen LogP contribution in [-0.4, -0.2) is 75.9 Å². The van der Waals surface area contributed by atoms with Gasteiger partial charge in [-0.1, -0.05) is 29.4 Å². The number of hydrogen-bond donors (Lipinski definition) is 0. The molecule has 31 heavy (non-hydrogen) atoms. The van der Waals surface area contributed by atoms with Crippen molar-refractivity contribution in [2.24, 2.45) is 0 Å². The third kappa shape index (κ3) is 6.13. The molecule has 0 bridgehead atoms.